The van der Waals surface area contributed by atoms with Gasteiger partial charge in [0.15, 0.2) is 0 Å². The number of hydrogen-bond acceptors (Lipinski definition) is 3. The Morgan fingerprint density at radius 3 is 1.43 bits per heavy atom. The summed E-state index contributed by atoms with van der Waals surface area (Å²) in [6.07, 6.45) is 16.2. The van der Waals surface area contributed by atoms with Crippen molar-refractivity contribution in [3.8, 4) is 0 Å². The first-order valence-corrected chi connectivity index (χ1v) is 11.6. The summed E-state index contributed by atoms with van der Waals surface area (Å²) in [5.41, 5.74) is 0. The van der Waals surface area contributed by atoms with E-state index in [-0.39, 0.29) is 0 Å². The van der Waals surface area contributed by atoms with Gasteiger partial charge in [-0.3, -0.25) is 4.55 Å². The summed E-state index contributed by atoms with van der Waals surface area (Å²) in [7, 11) is -3.92. The largest absolute Gasteiger partial charge is 0.395 e. The van der Waals surface area contributed by atoms with Gasteiger partial charge < -0.3 is 5.11 Å². The standard InChI is InChI=1S/C13H27.C2H6O4S.Na/c1-3-5-7-9-11-13-12-10-8-6-4-2;3-1-2-7(4,5)6;/h1,3-13H2,2H3;3H,1-2H2,(H,4,5,6);. The molecule has 0 unspecified atom stereocenters. The minimum atomic E-state index is -3.92. The van der Waals surface area contributed by atoms with Gasteiger partial charge in [-0.1, -0.05) is 6.92 Å². The van der Waals surface area contributed by atoms with Crippen molar-refractivity contribution < 1.29 is 18.1 Å². The molecule has 0 saturated carbocycles. The van der Waals surface area contributed by atoms with Crippen molar-refractivity contribution >= 4 is 38.0 Å². The second-order valence-corrected chi connectivity index (χ2v) is 8.12. The molecule has 0 rings (SSSR count). The summed E-state index contributed by atoms with van der Waals surface area (Å²) in [6, 6.07) is 0. The van der Waals surface area contributed by atoms with Crippen molar-refractivity contribution in [1.82, 2.24) is 0 Å². The monoisotopic (exact) mass is 332 g/mol. The molecule has 2 N–H and O–H groups in total. The van der Waals surface area contributed by atoms with E-state index in [4.69, 9.17) is 9.66 Å². The van der Waals surface area contributed by atoms with Crippen molar-refractivity contribution in [2.24, 2.45) is 0 Å². The minimum Gasteiger partial charge on any atom is -0.395 e. The molecule has 0 bridgehead atoms. The van der Waals surface area contributed by atoms with Crippen LogP contribution in [0.3, 0.4) is 0 Å². The molecular weight excluding hydrogens is 299 g/mol. The van der Waals surface area contributed by atoms with Crippen LogP contribution in [-0.2, 0) is 10.1 Å². The molecule has 0 aliphatic carbocycles. The SMILES string of the molecule is CCCCCCCCCCCC[CH2][Na].O=S(=O)(O)CCO. The van der Waals surface area contributed by atoms with Crippen LogP contribution in [-0.4, -0.2) is 58.4 Å². The van der Waals surface area contributed by atoms with Crippen molar-refractivity contribution in [2.75, 3.05) is 12.4 Å². The van der Waals surface area contributed by atoms with Gasteiger partial charge >= 0.3 is 102 Å². The van der Waals surface area contributed by atoms with Crippen LogP contribution in [0.4, 0.5) is 0 Å². The Morgan fingerprint density at radius 1 is 0.810 bits per heavy atom. The first kappa shape index (κ1) is 24.1. The van der Waals surface area contributed by atoms with Crippen LogP contribution in [0.25, 0.3) is 0 Å². The third kappa shape index (κ3) is 29.5. The number of rotatable bonds is 13. The first-order valence-electron chi connectivity index (χ1n) is 8.54. The fraction of sp³-hybridized carbons (Fsp3) is 1.00. The van der Waals surface area contributed by atoms with Gasteiger partial charge in [-0.15, -0.1) is 0 Å². The summed E-state index contributed by atoms with van der Waals surface area (Å²) in [6.45, 7) is 1.76. The van der Waals surface area contributed by atoms with Crippen LogP contribution >= 0.6 is 0 Å². The van der Waals surface area contributed by atoms with Crippen LogP contribution in [0.1, 0.15) is 77.6 Å². The van der Waals surface area contributed by atoms with E-state index in [0.717, 1.165) is 0 Å². The number of hydrogen-bond donors (Lipinski definition) is 2. The molecule has 0 heterocycles. The average molecular weight is 332 g/mol. The summed E-state index contributed by atoms with van der Waals surface area (Å²) >= 11 is 1.41. The van der Waals surface area contributed by atoms with E-state index in [2.05, 4.69) is 6.92 Å². The van der Waals surface area contributed by atoms with E-state index >= 15 is 0 Å². The smallest absolute Gasteiger partial charge is 0.267 e. The first-order chi connectivity index (χ1) is 9.97. The molecule has 0 aromatic carbocycles. The Hall–Kier alpha value is 0.870. The zero-order valence-corrected chi connectivity index (χ0v) is 16.8. The van der Waals surface area contributed by atoms with Gasteiger partial charge in [-0.2, -0.15) is 8.42 Å². The van der Waals surface area contributed by atoms with Crippen molar-refractivity contribution in [2.45, 2.75) is 81.2 Å². The molecule has 0 saturated heterocycles. The van der Waals surface area contributed by atoms with Gasteiger partial charge in [0.25, 0.3) is 10.1 Å². The number of unbranched alkanes of at least 4 members (excludes halogenated alkanes) is 10. The Morgan fingerprint density at radius 2 is 1.19 bits per heavy atom. The van der Waals surface area contributed by atoms with Crippen LogP contribution in [0.2, 0.25) is 3.67 Å². The Kier molecular flexibility index (Phi) is 21.7. The van der Waals surface area contributed by atoms with Crippen LogP contribution < -0.4 is 0 Å². The second-order valence-electron chi connectivity index (χ2n) is 5.55. The Bertz CT molecular complexity index is 269. The molecule has 4 nitrogen and oxygen atoms in total. The van der Waals surface area contributed by atoms with Gasteiger partial charge in [0.1, 0.15) is 0 Å². The third-order valence-electron chi connectivity index (χ3n) is 3.31. The molecule has 124 valence electrons. The Labute approximate surface area is 149 Å². The van der Waals surface area contributed by atoms with Crippen LogP contribution in [0, 0.1) is 0 Å². The number of aliphatic hydroxyl groups is 1. The minimum absolute atomic E-state index is 0.529. The molecule has 0 aliphatic heterocycles. The molecule has 0 spiro atoms. The number of aliphatic hydroxyl groups excluding tert-OH is 1. The second kappa shape index (κ2) is 18.9. The van der Waals surface area contributed by atoms with Gasteiger partial charge in [0.05, 0.1) is 12.4 Å². The van der Waals surface area contributed by atoms with Gasteiger partial charge in [0, 0.05) is 0 Å². The summed E-state index contributed by atoms with van der Waals surface area (Å²) in [5.74, 6) is -0.576. The Balaban J connectivity index is 0. The quantitative estimate of drug-likeness (QED) is 0.306. The predicted octanol–water partition coefficient (Wildman–Crippen LogP) is 3.75. The van der Waals surface area contributed by atoms with Gasteiger partial charge in [-0.25, -0.2) is 0 Å². The molecule has 0 aromatic rings. The zero-order valence-electron chi connectivity index (χ0n) is 14.0. The molecule has 0 amide bonds. The van der Waals surface area contributed by atoms with E-state index < -0.39 is 22.5 Å². The van der Waals surface area contributed by atoms with Gasteiger partial charge in [-0.05, 0) is 0 Å². The molecule has 6 heteroatoms. The van der Waals surface area contributed by atoms with Crippen molar-refractivity contribution in [3.05, 3.63) is 0 Å². The van der Waals surface area contributed by atoms with E-state index in [1.807, 2.05) is 0 Å². The molecule has 0 radical (unpaired) electrons. The maximum absolute atomic E-state index is 9.63. The van der Waals surface area contributed by atoms with E-state index in [0.29, 0.717) is 0 Å². The predicted molar refractivity (Wildman–Crippen MR) is 90.5 cm³/mol. The van der Waals surface area contributed by atoms with Gasteiger partial charge in [0.2, 0.25) is 0 Å². The van der Waals surface area contributed by atoms with E-state index in [1.165, 1.54) is 102 Å². The molecule has 0 atom stereocenters. The summed E-state index contributed by atoms with van der Waals surface area (Å²) in [4.78, 5) is 0. The fourth-order valence-corrected chi connectivity index (χ4v) is 2.76. The molecule has 21 heavy (non-hydrogen) atoms. The van der Waals surface area contributed by atoms with Crippen molar-refractivity contribution in [1.29, 1.82) is 0 Å². The maximum atomic E-state index is 9.63. The van der Waals surface area contributed by atoms with E-state index in [9.17, 15) is 8.42 Å². The van der Waals surface area contributed by atoms with E-state index in [1.54, 1.807) is 0 Å². The molecular formula is C15H33NaO4S. The fourth-order valence-electron chi connectivity index (χ4n) is 2.03. The normalized spacial score (nSPS) is 11.1. The molecule has 0 aliphatic rings. The molecule has 0 aromatic heterocycles. The summed E-state index contributed by atoms with van der Waals surface area (Å²) in [5, 5.41) is 7.86. The van der Waals surface area contributed by atoms with Crippen molar-refractivity contribution in [3.63, 3.8) is 0 Å². The van der Waals surface area contributed by atoms with Crippen LogP contribution in [0.5, 0.6) is 0 Å². The zero-order chi connectivity index (χ0) is 16.4. The average Bonchev–Trinajstić information content (AvgIpc) is 2.40. The third-order valence-corrected chi connectivity index (χ3v) is 4.71. The molecule has 0 fully saturated rings. The topological polar surface area (TPSA) is 74.6 Å². The van der Waals surface area contributed by atoms with Crippen LogP contribution in [0.15, 0.2) is 0 Å². The maximum Gasteiger partial charge on any atom is 0.267 e. The summed E-state index contributed by atoms with van der Waals surface area (Å²) < 4.78 is 28.6.